The molecule has 1 aromatic heterocycles. The highest BCUT2D eigenvalue weighted by molar-refractivity contribution is 9.10. The zero-order valence-electron chi connectivity index (χ0n) is 10.2. The van der Waals surface area contributed by atoms with E-state index in [1.807, 2.05) is 18.2 Å². The normalized spacial score (nSPS) is 11.9. The predicted molar refractivity (Wildman–Crippen MR) is 77.8 cm³/mol. The minimum atomic E-state index is -0.165. The molecule has 0 N–H and O–H groups in total. The fraction of sp³-hybridized carbons (Fsp3) is 0.333. The van der Waals surface area contributed by atoms with Crippen LogP contribution in [0.3, 0.4) is 0 Å². The topological polar surface area (TPSA) is 30.7 Å². The van der Waals surface area contributed by atoms with Crippen LogP contribution in [0.15, 0.2) is 22.7 Å². The number of aromatic nitrogens is 3. The monoisotopic (exact) mass is 347 g/mol. The Morgan fingerprint density at radius 2 is 1.83 bits per heavy atom. The maximum Gasteiger partial charge on any atom is 0.229 e. The van der Waals surface area contributed by atoms with Gasteiger partial charge in [-0.05, 0) is 39.7 Å². The molecule has 0 bridgehead atoms. The fourth-order valence-electron chi connectivity index (χ4n) is 1.63. The van der Waals surface area contributed by atoms with Gasteiger partial charge in [0.1, 0.15) is 5.82 Å². The zero-order chi connectivity index (χ0) is 13.5. The first kappa shape index (κ1) is 13.8. The molecule has 1 heterocycles. The third-order valence-corrected chi connectivity index (χ3v) is 4.09. The lowest BCUT2D eigenvalue weighted by Gasteiger charge is -2.19. The number of halogens is 3. The Bertz CT molecular complexity index is 587. The van der Waals surface area contributed by atoms with Gasteiger partial charge in [-0.2, -0.15) is 0 Å². The summed E-state index contributed by atoms with van der Waals surface area (Å²) in [6, 6.07) is 5.59. The van der Waals surface area contributed by atoms with Crippen LogP contribution < -0.4 is 0 Å². The van der Waals surface area contributed by atoms with Crippen molar-refractivity contribution in [3.05, 3.63) is 38.8 Å². The van der Waals surface area contributed by atoms with Gasteiger partial charge in [-0.15, -0.1) is 10.2 Å². The van der Waals surface area contributed by atoms with Crippen molar-refractivity contribution in [2.24, 2.45) is 0 Å². The van der Waals surface area contributed by atoms with Crippen molar-refractivity contribution in [3.8, 4) is 5.69 Å². The van der Waals surface area contributed by atoms with Crippen LogP contribution >= 0.6 is 39.1 Å². The Morgan fingerprint density at radius 1 is 1.17 bits per heavy atom. The summed E-state index contributed by atoms with van der Waals surface area (Å²) in [6.07, 6.45) is 0. The molecule has 0 fully saturated rings. The first-order valence-corrected chi connectivity index (χ1v) is 6.93. The Morgan fingerprint density at radius 3 is 2.44 bits per heavy atom. The van der Waals surface area contributed by atoms with E-state index in [1.165, 1.54) is 0 Å². The number of hydrogen-bond acceptors (Lipinski definition) is 2. The Balaban J connectivity index is 2.72. The van der Waals surface area contributed by atoms with E-state index < -0.39 is 0 Å². The van der Waals surface area contributed by atoms with Gasteiger partial charge >= 0.3 is 0 Å². The lowest BCUT2D eigenvalue weighted by atomic mass is 9.95. The molecule has 0 amide bonds. The Labute approximate surface area is 124 Å². The minimum Gasteiger partial charge on any atom is -0.268 e. The van der Waals surface area contributed by atoms with E-state index >= 15 is 0 Å². The molecule has 0 radical (unpaired) electrons. The van der Waals surface area contributed by atoms with Crippen molar-refractivity contribution < 1.29 is 0 Å². The van der Waals surface area contributed by atoms with Gasteiger partial charge in [0.15, 0.2) is 0 Å². The van der Waals surface area contributed by atoms with Crippen molar-refractivity contribution in [1.29, 1.82) is 0 Å². The second-order valence-corrected chi connectivity index (χ2v) is 6.49. The summed E-state index contributed by atoms with van der Waals surface area (Å²) in [5, 5.41) is 9.04. The molecule has 0 aliphatic carbocycles. The van der Waals surface area contributed by atoms with Crippen molar-refractivity contribution in [2.75, 3.05) is 0 Å². The highest BCUT2D eigenvalue weighted by Gasteiger charge is 2.25. The Hall–Kier alpha value is -0.580. The van der Waals surface area contributed by atoms with Crippen molar-refractivity contribution in [1.82, 2.24) is 14.8 Å². The lowest BCUT2D eigenvalue weighted by Crippen LogP contribution is -2.18. The third kappa shape index (κ3) is 2.42. The van der Waals surface area contributed by atoms with Crippen LogP contribution in [-0.2, 0) is 5.41 Å². The van der Waals surface area contributed by atoms with Gasteiger partial charge in [0.25, 0.3) is 0 Å². The van der Waals surface area contributed by atoms with Crippen LogP contribution in [0.5, 0.6) is 0 Å². The van der Waals surface area contributed by atoms with Gasteiger partial charge in [0.05, 0.1) is 15.2 Å². The number of rotatable bonds is 1. The van der Waals surface area contributed by atoms with E-state index in [2.05, 4.69) is 46.9 Å². The van der Waals surface area contributed by atoms with Crippen molar-refractivity contribution >= 4 is 39.1 Å². The second kappa shape index (κ2) is 4.83. The zero-order valence-corrected chi connectivity index (χ0v) is 13.3. The second-order valence-electron chi connectivity index (χ2n) is 4.95. The molecule has 2 rings (SSSR count). The van der Waals surface area contributed by atoms with E-state index in [0.29, 0.717) is 10.3 Å². The first-order chi connectivity index (χ1) is 8.32. The average molecular weight is 349 g/mol. The molecule has 6 heteroatoms. The number of hydrogen-bond donors (Lipinski definition) is 0. The molecular formula is C12H12BrCl2N3. The molecule has 0 spiro atoms. The number of nitrogens with zero attached hydrogens (tertiary/aromatic N) is 3. The molecule has 96 valence electrons. The molecule has 2 aromatic rings. The first-order valence-electron chi connectivity index (χ1n) is 5.38. The molecule has 1 aromatic carbocycles. The molecule has 0 aliphatic heterocycles. The molecular weight excluding hydrogens is 337 g/mol. The standard InChI is InChI=1S/C12H12BrCl2N3/c1-12(2,3)10-16-17-11(15)18(10)8-6-4-5-7(14)9(8)13/h4-6H,1-3H3. The van der Waals surface area contributed by atoms with Crippen molar-refractivity contribution in [2.45, 2.75) is 26.2 Å². The van der Waals surface area contributed by atoms with Crippen LogP contribution in [0, 0.1) is 0 Å². The summed E-state index contributed by atoms with van der Waals surface area (Å²) in [6.45, 7) is 6.17. The van der Waals surface area contributed by atoms with Gasteiger partial charge < -0.3 is 0 Å². The Kier molecular flexibility index (Phi) is 3.72. The van der Waals surface area contributed by atoms with E-state index in [-0.39, 0.29) is 5.41 Å². The van der Waals surface area contributed by atoms with E-state index in [0.717, 1.165) is 16.0 Å². The van der Waals surface area contributed by atoms with Crippen LogP contribution in [0.2, 0.25) is 10.3 Å². The van der Waals surface area contributed by atoms with Crippen LogP contribution in [0.1, 0.15) is 26.6 Å². The van der Waals surface area contributed by atoms with Crippen molar-refractivity contribution in [3.63, 3.8) is 0 Å². The molecule has 0 unspecified atom stereocenters. The summed E-state index contributed by atoms with van der Waals surface area (Å²) in [5.41, 5.74) is 0.671. The lowest BCUT2D eigenvalue weighted by molar-refractivity contribution is 0.533. The summed E-state index contributed by atoms with van der Waals surface area (Å²) < 4.78 is 2.58. The van der Waals surface area contributed by atoms with Gasteiger partial charge in [-0.3, -0.25) is 4.57 Å². The third-order valence-electron chi connectivity index (χ3n) is 2.47. The number of benzene rings is 1. The molecule has 0 saturated carbocycles. The van der Waals surface area contributed by atoms with Crippen LogP contribution in [-0.4, -0.2) is 14.8 Å². The summed E-state index contributed by atoms with van der Waals surface area (Å²) in [4.78, 5) is 0. The maximum absolute atomic E-state index is 6.14. The summed E-state index contributed by atoms with van der Waals surface area (Å²) in [5.74, 6) is 0.787. The SMILES string of the molecule is CC(C)(C)c1nnc(Cl)n1-c1cccc(Cl)c1Br. The van der Waals surface area contributed by atoms with E-state index in [9.17, 15) is 0 Å². The highest BCUT2D eigenvalue weighted by atomic mass is 79.9. The highest BCUT2D eigenvalue weighted by Crippen LogP contribution is 2.33. The van der Waals surface area contributed by atoms with E-state index in [1.54, 1.807) is 4.57 Å². The van der Waals surface area contributed by atoms with E-state index in [4.69, 9.17) is 23.2 Å². The summed E-state index contributed by atoms with van der Waals surface area (Å²) >= 11 is 15.7. The largest absolute Gasteiger partial charge is 0.268 e. The predicted octanol–water partition coefficient (Wildman–Crippen LogP) is 4.63. The van der Waals surface area contributed by atoms with Crippen LogP contribution in [0.25, 0.3) is 5.69 Å². The van der Waals surface area contributed by atoms with Gasteiger partial charge in [0, 0.05) is 5.41 Å². The van der Waals surface area contributed by atoms with Gasteiger partial charge in [-0.25, -0.2) is 0 Å². The van der Waals surface area contributed by atoms with Gasteiger partial charge in [0.2, 0.25) is 5.28 Å². The molecule has 0 saturated heterocycles. The molecule has 3 nitrogen and oxygen atoms in total. The minimum absolute atomic E-state index is 0.165. The fourth-order valence-corrected chi connectivity index (χ4v) is 2.45. The van der Waals surface area contributed by atoms with Crippen LogP contribution in [0.4, 0.5) is 0 Å². The molecule has 0 aliphatic rings. The van der Waals surface area contributed by atoms with Gasteiger partial charge in [-0.1, -0.05) is 38.4 Å². The molecule has 18 heavy (non-hydrogen) atoms. The quantitative estimate of drug-likeness (QED) is 0.751. The molecule has 0 atom stereocenters. The maximum atomic E-state index is 6.14. The summed E-state index contributed by atoms with van der Waals surface area (Å²) in [7, 11) is 0. The smallest absolute Gasteiger partial charge is 0.229 e. The average Bonchev–Trinajstić information content (AvgIpc) is 2.64.